The molecule has 2 fully saturated rings. The molecule has 0 radical (unpaired) electrons. The van der Waals surface area contributed by atoms with E-state index in [0.29, 0.717) is 11.8 Å². The third-order valence-electron chi connectivity index (χ3n) is 3.36. The first-order chi connectivity index (χ1) is 7.10. The van der Waals surface area contributed by atoms with Gasteiger partial charge in [-0.1, -0.05) is 0 Å². The lowest BCUT2D eigenvalue weighted by molar-refractivity contribution is -0.121. The second-order valence-electron chi connectivity index (χ2n) is 5.10. The van der Waals surface area contributed by atoms with Gasteiger partial charge >= 0.3 is 0 Å². The molecule has 0 aromatic carbocycles. The van der Waals surface area contributed by atoms with E-state index in [9.17, 15) is 9.59 Å². The standard InChI is InChI=1S/C9H12O2.C3H9N/c10-4-8-6-1-2-7(3-6)9(8)5-11;1-4(2)3/h4-9H,1-3H2;1-3H3. The molecule has 2 rings (SSSR count). The maximum atomic E-state index is 10.6. The first-order valence-corrected chi connectivity index (χ1v) is 5.61. The Morgan fingerprint density at radius 3 is 1.53 bits per heavy atom. The number of hydrogen-bond acceptors (Lipinski definition) is 3. The van der Waals surface area contributed by atoms with Crippen LogP contribution in [0.5, 0.6) is 0 Å². The first-order valence-electron chi connectivity index (χ1n) is 5.61. The molecule has 0 aromatic heterocycles. The number of fused-ring (bicyclic) bond motifs is 2. The largest absolute Gasteiger partial charge is 0.312 e. The summed E-state index contributed by atoms with van der Waals surface area (Å²) in [5.41, 5.74) is 0. The Hall–Kier alpha value is -0.700. The fourth-order valence-electron chi connectivity index (χ4n) is 2.78. The predicted octanol–water partition coefficient (Wildman–Crippen LogP) is 1.22. The summed E-state index contributed by atoms with van der Waals surface area (Å²) in [4.78, 5) is 23.2. The van der Waals surface area contributed by atoms with Crippen LogP contribution in [0.1, 0.15) is 19.3 Å². The normalized spacial score (nSPS) is 37.3. The van der Waals surface area contributed by atoms with E-state index in [1.807, 2.05) is 26.0 Å². The molecule has 0 spiro atoms. The Morgan fingerprint density at radius 1 is 0.933 bits per heavy atom. The molecule has 2 saturated carbocycles. The van der Waals surface area contributed by atoms with E-state index < -0.39 is 0 Å². The van der Waals surface area contributed by atoms with Gasteiger partial charge in [0.05, 0.1) is 0 Å². The topological polar surface area (TPSA) is 37.4 Å². The highest BCUT2D eigenvalue weighted by atomic mass is 16.1. The van der Waals surface area contributed by atoms with Crippen LogP contribution in [0.3, 0.4) is 0 Å². The van der Waals surface area contributed by atoms with Crippen molar-refractivity contribution in [3.05, 3.63) is 0 Å². The van der Waals surface area contributed by atoms with Gasteiger partial charge in [0.2, 0.25) is 0 Å². The molecule has 2 aliphatic carbocycles. The number of carbonyl (C=O) groups is 2. The molecule has 0 saturated heterocycles. The molecule has 15 heavy (non-hydrogen) atoms. The number of aldehydes is 2. The van der Waals surface area contributed by atoms with E-state index in [-0.39, 0.29) is 11.8 Å². The quantitative estimate of drug-likeness (QED) is 0.645. The average molecular weight is 211 g/mol. The fourth-order valence-corrected chi connectivity index (χ4v) is 2.78. The summed E-state index contributed by atoms with van der Waals surface area (Å²) in [7, 11) is 6.00. The molecule has 0 heterocycles. The summed E-state index contributed by atoms with van der Waals surface area (Å²) < 4.78 is 0. The molecule has 4 atom stereocenters. The molecule has 4 unspecified atom stereocenters. The van der Waals surface area contributed by atoms with Gasteiger partial charge in [0.15, 0.2) is 0 Å². The average Bonchev–Trinajstić information content (AvgIpc) is 2.74. The first kappa shape index (κ1) is 12.4. The Kier molecular flexibility index (Phi) is 4.45. The monoisotopic (exact) mass is 211 g/mol. The Labute approximate surface area is 91.8 Å². The maximum absolute atomic E-state index is 10.6. The van der Waals surface area contributed by atoms with E-state index in [0.717, 1.165) is 19.0 Å². The third-order valence-corrected chi connectivity index (χ3v) is 3.36. The number of hydrogen-bond donors (Lipinski definition) is 0. The van der Waals surface area contributed by atoms with Crippen molar-refractivity contribution >= 4 is 12.6 Å². The smallest absolute Gasteiger partial charge is 0.124 e. The number of carbonyl (C=O) groups excluding carboxylic acids is 2. The van der Waals surface area contributed by atoms with Crippen LogP contribution in [0.4, 0.5) is 0 Å². The molecule has 3 heteroatoms. The van der Waals surface area contributed by atoms with E-state index in [2.05, 4.69) is 0 Å². The molecule has 0 amide bonds. The minimum absolute atomic E-state index is 0.0613. The third kappa shape index (κ3) is 2.88. The predicted molar refractivity (Wildman–Crippen MR) is 59.6 cm³/mol. The van der Waals surface area contributed by atoms with Crippen LogP contribution in [0, 0.1) is 23.7 Å². The van der Waals surface area contributed by atoms with Gasteiger partial charge in [0, 0.05) is 11.8 Å². The molecule has 0 aromatic rings. The van der Waals surface area contributed by atoms with Gasteiger partial charge in [-0.25, -0.2) is 0 Å². The highest BCUT2D eigenvalue weighted by molar-refractivity contribution is 5.67. The van der Waals surface area contributed by atoms with Crippen molar-refractivity contribution in [2.75, 3.05) is 21.1 Å². The van der Waals surface area contributed by atoms with Crippen LogP contribution >= 0.6 is 0 Å². The van der Waals surface area contributed by atoms with Gasteiger partial charge in [-0.15, -0.1) is 0 Å². The van der Waals surface area contributed by atoms with E-state index in [1.54, 1.807) is 0 Å². The molecule has 2 bridgehead atoms. The zero-order valence-corrected chi connectivity index (χ0v) is 9.85. The summed E-state index contributed by atoms with van der Waals surface area (Å²) in [6.45, 7) is 0. The van der Waals surface area contributed by atoms with Crippen molar-refractivity contribution < 1.29 is 9.59 Å². The van der Waals surface area contributed by atoms with Gasteiger partial charge in [-0.3, -0.25) is 0 Å². The highest BCUT2D eigenvalue weighted by Gasteiger charge is 2.47. The summed E-state index contributed by atoms with van der Waals surface area (Å²) in [5, 5.41) is 0. The molecule has 2 aliphatic rings. The Balaban J connectivity index is 0.000000245. The van der Waals surface area contributed by atoms with Crippen molar-refractivity contribution in [1.29, 1.82) is 0 Å². The fraction of sp³-hybridized carbons (Fsp3) is 0.833. The Morgan fingerprint density at radius 2 is 1.27 bits per heavy atom. The lowest BCUT2D eigenvalue weighted by Gasteiger charge is -2.21. The minimum Gasteiger partial charge on any atom is -0.312 e. The lowest BCUT2D eigenvalue weighted by atomic mass is 9.81. The SMILES string of the molecule is CN(C)C.O=CC1C2CCC(C2)C1C=O. The number of rotatable bonds is 2. The zero-order chi connectivity index (χ0) is 11.4. The van der Waals surface area contributed by atoms with Crippen molar-refractivity contribution in [2.24, 2.45) is 23.7 Å². The van der Waals surface area contributed by atoms with Crippen molar-refractivity contribution in [2.45, 2.75) is 19.3 Å². The van der Waals surface area contributed by atoms with Gasteiger partial charge in [-0.05, 0) is 52.2 Å². The second-order valence-corrected chi connectivity index (χ2v) is 5.10. The molecular formula is C12H21NO2. The van der Waals surface area contributed by atoms with Crippen LogP contribution in [0.15, 0.2) is 0 Å². The Bertz CT molecular complexity index is 205. The highest BCUT2D eigenvalue weighted by Crippen LogP contribution is 2.50. The maximum Gasteiger partial charge on any atom is 0.124 e. The molecular weight excluding hydrogens is 190 g/mol. The van der Waals surface area contributed by atoms with Crippen LogP contribution in [0.25, 0.3) is 0 Å². The molecule has 3 nitrogen and oxygen atoms in total. The van der Waals surface area contributed by atoms with Crippen LogP contribution in [-0.2, 0) is 9.59 Å². The van der Waals surface area contributed by atoms with E-state index >= 15 is 0 Å². The van der Waals surface area contributed by atoms with Gasteiger partial charge in [0.1, 0.15) is 12.6 Å². The summed E-state index contributed by atoms with van der Waals surface area (Å²) in [6.07, 6.45) is 5.43. The second kappa shape index (κ2) is 5.40. The zero-order valence-electron chi connectivity index (χ0n) is 9.85. The van der Waals surface area contributed by atoms with Gasteiger partial charge < -0.3 is 14.5 Å². The summed E-state index contributed by atoms with van der Waals surface area (Å²) in [5.74, 6) is 1.19. The van der Waals surface area contributed by atoms with Crippen molar-refractivity contribution in [3.63, 3.8) is 0 Å². The molecule has 0 N–H and O–H groups in total. The lowest BCUT2D eigenvalue weighted by Crippen LogP contribution is -2.24. The minimum atomic E-state index is 0.0613. The number of nitrogens with zero attached hydrogens (tertiary/aromatic N) is 1. The van der Waals surface area contributed by atoms with Crippen LogP contribution in [-0.4, -0.2) is 38.6 Å². The summed E-state index contributed by atoms with van der Waals surface area (Å²) in [6, 6.07) is 0. The van der Waals surface area contributed by atoms with E-state index in [4.69, 9.17) is 0 Å². The molecule has 0 aliphatic heterocycles. The van der Waals surface area contributed by atoms with Gasteiger partial charge in [-0.2, -0.15) is 0 Å². The van der Waals surface area contributed by atoms with Crippen LogP contribution in [0.2, 0.25) is 0 Å². The van der Waals surface area contributed by atoms with Crippen molar-refractivity contribution in [1.82, 2.24) is 4.90 Å². The van der Waals surface area contributed by atoms with Gasteiger partial charge in [0.25, 0.3) is 0 Å². The summed E-state index contributed by atoms with van der Waals surface area (Å²) >= 11 is 0. The molecule has 86 valence electrons. The van der Waals surface area contributed by atoms with Crippen molar-refractivity contribution in [3.8, 4) is 0 Å². The van der Waals surface area contributed by atoms with Crippen LogP contribution < -0.4 is 0 Å². The van der Waals surface area contributed by atoms with E-state index in [1.165, 1.54) is 12.8 Å².